The molecule has 0 aliphatic heterocycles. The monoisotopic (exact) mass is 621 g/mol. The van der Waals surface area contributed by atoms with Crippen molar-refractivity contribution < 1.29 is 39.0 Å². The van der Waals surface area contributed by atoms with E-state index in [0.717, 1.165) is 24.1 Å². The van der Waals surface area contributed by atoms with Gasteiger partial charge in [-0.25, -0.2) is 4.79 Å². The Bertz CT molecular complexity index is 1060. The van der Waals surface area contributed by atoms with Crippen molar-refractivity contribution in [3.63, 3.8) is 0 Å². The van der Waals surface area contributed by atoms with Gasteiger partial charge in [-0.15, -0.1) is 0 Å². The summed E-state index contributed by atoms with van der Waals surface area (Å²) in [5.74, 6) is -5.73. The molecule has 13 heteroatoms. The Balaban J connectivity index is 0.00000904. The minimum atomic E-state index is -1.69. The lowest BCUT2D eigenvalue weighted by Crippen LogP contribution is -2.53. The predicted octanol–water partition coefficient (Wildman–Crippen LogP) is 1.79. The average Bonchev–Trinajstić information content (AvgIpc) is 2.95. The standard InChI is InChI=1S/C29H45N5O8.C2H6/c1-18(2)31-16-5-4-8-21(27(30)39)32-25(36)17-23(29(41)42)34-28(40)22(14-15-26(37)38)33-24(35)9-6-7-20-12-10-19(3)11-13-20;1-2/h10-13,18,21-23,31H,4-9,14-17H2,1-3H3,(H2,30,39)(H,32,36)(H,33,35)(H,34,40)(H,37,38)(H,41,42);1-2H3. The number of aliphatic carboxylic acids is 2. The van der Waals surface area contributed by atoms with E-state index in [0.29, 0.717) is 25.3 Å². The molecule has 0 fully saturated rings. The van der Waals surface area contributed by atoms with E-state index in [-0.39, 0.29) is 19.3 Å². The highest BCUT2D eigenvalue weighted by atomic mass is 16.4. The van der Waals surface area contributed by atoms with Crippen molar-refractivity contribution in [1.29, 1.82) is 0 Å². The largest absolute Gasteiger partial charge is 0.481 e. The summed E-state index contributed by atoms with van der Waals surface area (Å²) in [6.07, 6.45) is 1.33. The summed E-state index contributed by atoms with van der Waals surface area (Å²) < 4.78 is 0. The molecule has 0 saturated carbocycles. The summed E-state index contributed by atoms with van der Waals surface area (Å²) in [4.78, 5) is 72.7. The van der Waals surface area contributed by atoms with E-state index < -0.39 is 66.5 Å². The van der Waals surface area contributed by atoms with Crippen LogP contribution in [0.25, 0.3) is 0 Å². The van der Waals surface area contributed by atoms with Gasteiger partial charge in [0.05, 0.1) is 6.42 Å². The van der Waals surface area contributed by atoms with E-state index in [1.165, 1.54) is 0 Å². The number of nitrogens with two attached hydrogens (primary N) is 1. The Labute approximate surface area is 260 Å². The second-order valence-corrected chi connectivity index (χ2v) is 10.6. The molecule has 248 valence electrons. The van der Waals surface area contributed by atoms with Gasteiger partial charge in [0.2, 0.25) is 23.6 Å². The molecule has 0 aromatic heterocycles. The van der Waals surface area contributed by atoms with Gasteiger partial charge < -0.3 is 37.2 Å². The van der Waals surface area contributed by atoms with Gasteiger partial charge in [-0.2, -0.15) is 0 Å². The molecular weight excluding hydrogens is 570 g/mol. The van der Waals surface area contributed by atoms with Crippen LogP contribution in [-0.4, -0.2) is 76.5 Å². The summed E-state index contributed by atoms with van der Waals surface area (Å²) in [5, 5.41) is 29.0. The maximum Gasteiger partial charge on any atom is 0.326 e. The minimum absolute atomic E-state index is 0.0670. The Morgan fingerprint density at radius 1 is 0.773 bits per heavy atom. The molecule has 0 spiro atoms. The van der Waals surface area contributed by atoms with Gasteiger partial charge in [0.1, 0.15) is 18.1 Å². The van der Waals surface area contributed by atoms with Crippen LogP contribution in [0.4, 0.5) is 0 Å². The van der Waals surface area contributed by atoms with Crippen LogP contribution in [-0.2, 0) is 35.2 Å². The van der Waals surface area contributed by atoms with E-state index in [9.17, 15) is 33.9 Å². The molecule has 0 radical (unpaired) electrons. The molecule has 3 atom stereocenters. The predicted molar refractivity (Wildman–Crippen MR) is 167 cm³/mol. The number of carbonyl (C=O) groups is 6. The smallest absolute Gasteiger partial charge is 0.326 e. The van der Waals surface area contributed by atoms with Crippen molar-refractivity contribution in [3.05, 3.63) is 35.4 Å². The third-order valence-corrected chi connectivity index (χ3v) is 6.44. The fourth-order valence-electron chi connectivity index (χ4n) is 4.07. The average molecular weight is 622 g/mol. The molecule has 1 rings (SSSR count). The number of rotatable bonds is 21. The molecule has 13 nitrogen and oxygen atoms in total. The van der Waals surface area contributed by atoms with Crippen molar-refractivity contribution >= 4 is 35.6 Å². The highest BCUT2D eigenvalue weighted by molar-refractivity contribution is 5.93. The normalized spacial score (nSPS) is 12.6. The van der Waals surface area contributed by atoms with Crippen molar-refractivity contribution in [1.82, 2.24) is 21.3 Å². The van der Waals surface area contributed by atoms with Gasteiger partial charge in [-0.05, 0) is 57.6 Å². The molecule has 44 heavy (non-hydrogen) atoms. The van der Waals surface area contributed by atoms with Crippen molar-refractivity contribution in [3.8, 4) is 0 Å². The van der Waals surface area contributed by atoms with Crippen LogP contribution < -0.4 is 27.0 Å². The molecule has 0 bridgehead atoms. The summed E-state index contributed by atoms with van der Waals surface area (Å²) in [5.41, 5.74) is 7.54. The molecule has 0 aliphatic carbocycles. The third kappa shape index (κ3) is 18.5. The zero-order valence-electron chi connectivity index (χ0n) is 26.6. The van der Waals surface area contributed by atoms with Gasteiger partial charge >= 0.3 is 11.9 Å². The first-order valence-corrected chi connectivity index (χ1v) is 15.2. The molecule has 1 aromatic rings. The molecule has 1 aromatic carbocycles. The van der Waals surface area contributed by atoms with Crippen LogP contribution in [0.3, 0.4) is 0 Å². The van der Waals surface area contributed by atoms with E-state index in [1.807, 2.05) is 58.9 Å². The number of hydrogen-bond donors (Lipinski definition) is 7. The summed E-state index contributed by atoms with van der Waals surface area (Å²) in [7, 11) is 0. The van der Waals surface area contributed by atoms with E-state index in [2.05, 4.69) is 21.3 Å². The van der Waals surface area contributed by atoms with Crippen LogP contribution in [0.15, 0.2) is 24.3 Å². The van der Waals surface area contributed by atoms with Crippen LogP contribution in [0, 0.1) is 6.92 Å². The fourth-order valence-corrected chi connectivity index (χ4v) is 4.07. The number of primary amides is 1. The molecular formula is C31H51N5O8. The maximum absolute atomic E-state index is 12.9. The van der Waals surface area contributed by atoms with Crippen molar-refractivity contribution in [2.45, 2.75) is 117 Å². The highest BCUT2D eigenvalue weighted by Gasteiger charge is 2.29. The van der Waals surface area contributed by atoms with Crippen LogP contribution in [0.1, 0.15) is 90.2 Å². The first-order chi connectivity index (χ1) is 20.8. The van der Waals surface area contributed by atoms with Crippen LogP contribution in [0.2, 0.25) is 0 Å². The van der Waals surface area contributed by atoms with Crippen LogP contribution in [0.5, 0.6) is 0 Å². The highest BCUT2D eigenvalue weighted by Crippen LogP contribution is 2.09. The molecule has 4 amide bonds. The molecule has 0 heterocycles. The number of carbonyl (C=O) groups excluding carboxylic acids is 4. The molecule has 0 aliphatic rings. The number of amides is 4. The van der Waals surface area contributed by atoms with E-state index >= 15 is 0 Å². The molecule has 0 saturated heterocycles. The van der Waals surface area contributed by atoms with Gasteiger partial charge in [-0.1, -0.05) is 57.5 Å². The number of benzene rings is 1. The summed E-state index contributed by atoms with van der Waals surface area (Å²) in [6.45, 7) is 10.7. The van der Waals surface area contributed by atoms with E-state index in [4.69, 9.17) is 10.8 Å². The first kappa shape index (κ1) is 40.0. The lowest BCUT2D eigenvalue weighted by atomic mass is 10.1. The SMILES string of the molecule is CC.Cc1ccc(CCCC(=O)NC(CCC(=O)O)C(=O)NC(CC(=O)NC(CCCCNC(C)C)C(N)=O)C(=O)O)cc1. The number of carboxylic acid groups (broad SMARTS) is 2. The molecule has 8 N–H and O–H groups in total. The third-order valence-electron chi connectivity index (χ3n) is 6.44. The number of nitrogens with one attached hydrogen (secondary N) is 4. The van der Waals surface area contributed by atoms with Gasteiger partial charge in [-0.3, -0.25) is 24.0 Å². The number of aryl methyl sites for hydroxylation is 2. The Kier molecular flexibility index (Phi) is 20.5. The van der Waals surface area contributed by atoms with Gasteiger partial charge in [0.15, 0.2) is 0 Å². The lowest BCUT2D eigenvalue weighted by Gasteiger charge is -2.22. The van der Waals surface area contributed by atoms with Crippen LogP contribution >= 0.6 is 0 Å². The summed E-state index contributed by atoms with van der Waals surface area (Å²) in [6, 6.07) is 4.11. The second kappa shape index (κ2) is 22.5. The summed E-state index contributed by atoms with van der Waals surface area (Å²) >= 11 is 0. The lowest BCUT2D eigenvalue weighted by molar-refractivity contribution is -0.144. The first-order valence-electron chi connectivity index (χ1n) is 15.2. The number of unbranched alkanes of at least 4 members (excludes halogenated alkanes) is 1. The molecule has 3 unspecified atom stereocenters. The van der Waals surface area contributed by atoms with Crippen molar-refractivity contribution in [2.24, 2.45) is 5.73 Å². The Hall–Kier alpha value is -4.00. The topological polar surface area (TPSA) is 217 Å². The van der Waals surface area contributed by atoms with Gasteiger partial charge in [0.25, 0.3) is 0 Å². The quantitative estimate of drug-likeness (QED) is 0.0994. The van der Waals surface area contributed by atoms with E-state index in [1.54, 1.807) is 0 Å². The van der Waals surface area contributed by atoms with Gasteiger partial charge in [0, 0.05) is 18.9 Å². The minimum Gasteiger partial charge on any atom is -0.481 e. The second-order valence-electron chi connectivity index (χ2n) is 10.6. The Morgan fingerprint density at radius 2 is 1.39 bits per heavy atom. The fraction of sp³-hybridized carbons (Fsp3) is 0.613. The zero-order chi connectivity index (χ0) is 33.7. The van der Waals surface area contributed by atoms with Crippen molar-refractivity contribution in [2.75, 3.05) is 6.54 Å². The number of carboxylic acids is 2. The number of hydrogen-bond acceptors (Lipinski definition) is 7. The Morgan fingerprint density at radius 3 is 1.93 bits per heavy atom. The maximum atomic E-state index is 12.9. The zero-order valence-corrected chi connectivity index (χ0v) is 26.6.